The third-order valence-electron chi connectivity index (χ3n) is 4.10. The van der Waals surface area contributed by atoms with E-state index in [4.69, 9.17) is 20.5 Å². The summed E-state index contributed by atoms with van der Waals surface area (Å²) in [5.74, 6) is 1.84. The van der Waals surface area contributed by atoms with Crippen LogP contribution in [0.4, 0.5) is 0 Å². The third-order valence-corrected chi connectivity index (χ3v) is 5.13. The average Bonchev–Trinajstić information content (AvgIpc) is 3.45. The number of nitrogens with zero attached hydrogens (tertiary/aromatic N) is 4. The van der Waals surface area contributed by atoms with E-state index < -0.39 is 0 Å². The summed E-state index contributed by atoms with van der Waals surface area (Å²) in [4.78, 5) is 7.58. The van der Waals surface area contributed by atoms with Crippen LogP contribution in [0.2, 0.25) is 5.02 Å². The van der Waals surface area contributed by atoms with Crippen molar-refractivity contribution in [3.05, 3.63) is 65.6 Å². The number of hydrogen-bond donors (Lipinski definition) is 1. The van der Waals surface area contributed by atoms with E-state index in [1.165, 1.54) is 11.8 Å². The van der Waals surface area contributed by atoms with E-state index in [0.717, 1.165) is 22.0 Å². The molecule has 0 amide bonds. The summed E-state index contributed by atoms with van der Waals surface area (Å²) in [6, 6.07) is 15.2. The van der Waals surface area contributed by atoms with Crippen LogP contribution in [0.15, 0.2) is 68.9 Å². The molecule has 0 fully saturated rings. The van der Waals surface area contributed by atoms with Gasteiger partial charge in [-0.15, -0.1) is 10.2 Å². The molecule has 5 aromatic rings. The lowest BCUT2D eigenvalue weighted by Gasteiger charge is -1.94. The molecule has 0 radical (unpaired) electrons. The van der Waals surface area contributed by atoms with Crippen LogP contribution in [0.5, 0.6) is 0 Å². The minimum absolute atomic E-state index is 0.420. The normalized spacial score (nSPS) is 11.3. The number of nitrogens with one attached hydrogen (secondary N) is 1. The zero-order valence-electron chi connectivity index (χ0n) is 14.3. The monoisotopic (exact) mass is 409 g/mol. The first kappa shape index (κ1) is 17.0. The zero-order valence-corrected chi connectivity index (χ0v) is 15.9. The Morgan fingerprint density at radius 1 is 1.07 bits per heavy atom. The van der Waals surface area contributed by atoms with Crippen molar-refractivity contribution in [2.45, 2.75) is 11.0 Å². The van der Waals surface area contributed by atoms with Crippen LogP contribution in [0.25, 0.3) is 33.7 Å². The number of fused-ring (bicyclic) bond motifs is 1. The van der Waals surface area contributed by atoms with Crippen molar-refractivity contribution in [3.63, 3.8) is 0 Å². The summed E-state index contributed by atoms with van der Waals surface area (Å²) in [7, 11) is 0. The predicted octanol–water partition coefficient (Wildman–Crippen LogP) is 5.21. The molecule has 0 saturated heterocycles. The SMILES string of the molecule is Clc1cccc(-c2noc(CSc3nnc(-c4c[nH]c5ccccc45)o3)n2)c1. The number of aromatic amines is 1. The van der Waals surface area contributed by atoms with Crippen molar-refractivity contribution in [2.75, 3.05) is 0 Å². The number of hydrogen-bond acceptors (Lipinski definition) is 7. The number of rotatable bonds is 5. The molecule has 9 heteroatoms. The molecule has 0 unspecified atom stereocenters. The van der Waals surface area contributed by atoms with Gasteiger partial charge in [0.2, 0.25) is 11.7 Å². The van der Waals surface area contributed by atoms with Gasteiger partial charge < -0.3 is 13.9 Å². The number of thioether (sulfide) groups is 1. The second-order valence-electron chi connectivity index (χ2n) is 5.93. The summed E-state index contributed by atoms with van der Waals surface area (Å²) in [6.07, 6.45) is 1.86. The Balaban J connectivity index is 1.31. The molecule has 3 aromatic heterocycles. The number of benzene rings is 2. The number of H-pyrrole nitrogens is 1. The van der Waals surface area contributed by atoms with E-state index in [2.05, 4.69) is 25.3 Å². The summed E-state index contributed by atoms with van der Waals surface area (Å²) < 4.78 is 11.1. The van der Waals surface area contributed by atoms with Gasteiger partial charge >= 0.3 is 0 Å². The molecule has 0 aliphatic rings. The van der Waals surface area contributed by atoms with Gasteiger partial charge in [-0.2, -0.15) is 4.98 Å². The molecule has 0 aliphatic carbocycles. The van der Waals surface area contributed by atoms with Crippen molar-refractivity contribution in [1.29, 1.82) is 0 Å². The van der Waals surface area contributed by atoms with Crippen LogP contribution in [0, 0.1) is 0 Å². The topological polar surface area (TPSA) is 93.6 Å². The number of halogens is 1. The Morgan fingerprint density at radius 2 is 2.00 bits per heavy atom. The molecular weight excluding hydrogens is 398 g/mol. The van der Waals surface area contributed by atoms with Gasteiger partial charge in [0.1, 0.15) is 0 Å². The number of aromatic nitrogens is 5. The van der Waals surface area contributed by atoms with E-state index in [9.17, 15) is 0 Å². The maximum atomic E-state index is 6.00. The quantitative estimate of drug-likeness (QED) is 0.398. The van der Waals surface area contributed by atoms with Crippen LogP contribution < -0.4 is 0 Å². The van der Waals surface area contributed by atoms with Crippen molar-refractivity contribution in [2.24, 2.45) is 0 Å². The molecule has 28 heavy (non-hydrogen) atoms. The van der Waals surface area contributed by atoms with Gasteiger partial charge in [0.05, 0.1) is 11.3 Å². The van der Waals surface area contributed by atoms with Crippen LogP contribution in [-0.2, 0) is 5.75 Å². The largest absolute Gasteiger partial charge is 0.411 e. The summed E-state index contributed by atoms with van der Waals surface area (Å²) >= 11 is 7.34. The first-order chi connectivity index (χ1) is 13.8. The van der Waals surface area contributed by atoms with E-state index in [1.807, 2.05) is 42.6 Å². The lowest BCUT2D eigenvalue weighted by atomic mass is 10.2. The van der Waals surface area contributed by atoms with Gasteiger partial charge in [-0.1, -0.05) is 58.9 Å². The first-order valence-corrected chi connectivity index (χ1v) is 9.74. The highest BCUT2D eigenvalue weighted by Crippen LogP contribution is 2.30. The Hall–Kier alpha value is -3.10. The summed E-state index contributed by atoms with van der Waals surface area (Å²) in [5.41, 5.74) is 2.69. The van der Waals surface area contributed by atoms with E-state index in [0.29, 0.717) is 33.6 Å². The van der Waals surface area contributed by atoms with Crippen LogP contribution >= 0.6 is 23.4 Å². The van der Waals surface area contributed by atoms with Crippen LogP contribution in [0.3, 0.4) is 0 Å². The second kappa shape index (κ2) is 7.14. The summed E-state index contributed by atoms with van der Waals surface area (Å²) in [5, 5.41) is 14.3. The fraction of sp³-hybridized carbons (Fsp3) is 0.0526. The molecule has 0 saturated carbocycles. The maximum Gasteiger partial charge on any atom is 0.277 e. The van der Waals surface area contributed by atoms with Crippen molar-refractivity contribution in [1.82, 2.24) is 25.3 Å². The van der Waals surface area contributed by atoms with Crippen molar-refractivity contribution < 1.29 is 8.94 Å². The van der Waals surface area contributed by atoms with Gasteiger partial charge in [-0.25, -0.2) is 0 Å². The molecule has 3 heterocycles. The Kier molecular flexibility index (Phi) is 4.34. The summed E-state index contributed by atoms with van der Waals surface area (Å²) in [6.45, 7) is 0. The van der Waals surface area contributed by atoms with E-state index in [-0.39, 0.29) is 0 Å². The number of para-hydroxylation sites is 1. The third kappa shape index (κ3) is 3.28. The highest BCUT2D eigenvalue weighted by atomic mass is 35.5. The molecule has 2 aromatic carbocycles. The fourth-order valence-corrected chi connectivity index (χ4v) is 3.60. The molecule has 138 valence electrons. The Morgan fingerprint density at radius 3 is 2.93 bits per heavy atom. The smallest absolute Gasteiger partial charge is 0.277 e. The van der Waals surface area contributed by atoms with E-state index >= 15 is 0 Å². The molecule has 7 nitrogen and oxygen atoms in total. The minimum Gasteiger partial charge on any atom is -0.411 e. The molecule has 1 N–H and O–H groups in total. The molecule has 5 rings (SSSR count). The van der Waals surface area contributed by atoms with E-state index in [1.54, 1.807) is 12.1 Å². The highest BCUT2D eigenvalue weighted by Gasteiger charge is 2.15. The molecule has 0 aliphatic heterocycles. The first-order valence-electron chi connectivity index (χ1n) is 8.37. The lowest BCUT2D eigenvalue weighted by Crippen LogP contribution is -1.83. The second-order valence-corrected chi connectivity index (χ2v) is 7.29. The van der Waals surface area contributed by atoms with Crippen LogP contribution in [0.1, 0.15) is 5.89 Å². The van der Waals surface area contributed by atoms with Gasteiger partial charge in [-0.3, -0.25) is 0 Å². The Labute approximate surface area is 168 Å². The van der Waals surface area contributed by atoms with Gasteiger partial charge in [-0.05, 0) is 18.2 Å². The Bertz CT molecular complexity index is 1260. The standard InChI is InChI=1S/C19H12ClN5O2S/c20-12-5-3-4-11(8-12)17-22-16(27-25-17)10-28-19-24-23-18(26-19)14-9-21-15-7-2-1-6-13(14)15/h1-9,21H,10H2. The van der Waals surface area contributed by atoms with Gasteiger partial charge in [0.15, 0.2) is 0 Å². The molecule has 0 spiro atoms. The van der Waals surface area contributed by atoms with Gasteiger partial charge in [0.25, 0.3) is 11.1 Å². The molecule has 0 atom stereocenters. The maximum absolute atomic E-state index is 6.00. The zero-order chi connectivity index (χ0) is 18.9. The molecular formula is C19H12ClN5O2S. The highest BCUT2D eigenvalue weighted by molar-refractivity contribution is 7.98. The lowest BCUT2D eigenvalue weighted by molar-refractivity contribution is 0.391. The van der Waals surface area contributed by atoms with Gasteiger partial charge in [0, 0.05) is 27.7 Å². The van der Waals surface area contributed by atoms with Crippen LogP contribution in [-0.4, -0.2) is 25.3 Å². The van der Waals surface area contributed by atoms with Crippen molar-refractivity contribution >= 4 is 34.3 Å². The molecule has 0 bridgehead atoms. The minimum atomic E-state index is 0.420. The predicted molar refractivity (Wildman–Crippen MR) is 106 cm³/mol. The van der Waals surface area contributed by atoms with Crippen molar-refractivity contribution in [3.8, 4) is 22.8 Å². The fourth-order valence-electron chi connectivity index (χ4n) is 2.81. The average molecular weight is 410 g/mol.